The van der Waals surface area contributed by atoms with Crippen LogP contribution < -0.4 is 10.1 Å². The summed E-state index contributed by atoms with van der Waals surface area (Å²) in [5, 5.41) is 12.7. The van der Waals surface area contributed by atoms with Gasteiger partial charge in [0.1, 0.15) is 22.3 Å². The molecule has 0 aromatic carbocycles. The number of nitrogens with zero attached hydrogens (tertiary/aromatic N) is 4. The summed E-state index contributed by atoms with van der Waals surface area (Å²) >= 11 is 6.94. The summed E-state index contributed by atoms with van der Waals surface area (Å²) < 4.78 is 25.4. The molecule has 0 aliphatic carbocycles. The number of aliphatic hydroxyl groups is 1. The Hall–Kier alpha value is -2.14. The van der Waals surface area contributed by atoms with Crippen LogP contribution in [0.25, 0.3) is 10.3 Å². The average molecular weight is 414 g/mol. The average Bonchev–Trinajstić information content (AvgIpc) is 2.96. The molecular formula is C16H17ClFN5O3S. The first-order valence-corrected chi connectivity index (χ1v) is 9.19. The van der Waals surface area contributed by atoms with Crippen molar-refractivity contribution in [2.45, 2.75) is 39.4 Å². The maximum Gasteiger partial charge on any atom is 0.252 e. The van der Waals surface area contributed by atoms with Crippen molar-refractivity contribution in [2.75, 3.05) is 5.32 Å². The first kappa shape index (κ1) is 19.6. The number of ether oxygens (including phenoxy) is 2. The third kappa shape index (κ3) is 4.98. The van der Waals surface area contributed by atoms with Crippen LogP contribution in [-0.4, -0.2) is 43.7 Å². The Morgan fingerprint density at radius 3 is 2.63 bits per heavy atom. The van der Waals surface area contributed by atoms with Crippen LogP contribution in [0.5, 0.6) is 5.88 Å². The molecule has 0 spiro atoms. The summed E-state index contributed by atoms with van der Waals surface area (Å²) in [6, 6.07) is 1.21. The largest absolute Gasteiger partial charge is 0.470 e. The number of thiazole rings is 1. The van der Waals surface area contributed by atoms with Crippen molar-refractivity contribution in [3.8, 4) is 5.88 Å². The summed E-state index contributed by atoms with van der Waals surface area (Å²) in [4.78, 5) is 16.6. The van der Waals surface area contributed by atoms with E-state index in [0.717, 1.165) is 11.3 Å². The van der Waals surface area contributed by atoms with Crippen LogP contribution in [0, 0.1) is 12.7 Å². The van der Waals surface area contributed by atoms with Crippen LogP contribution in [0.1, 0.15) is 19.7 Å². The summed E-state index contributed by atoms with van der Waals surface area (Å²) in [5.74, 6) is -0.223. The molecule has 0 saturated heterocycles. The van der Waals surface area contributed by atoms with E-state index in [1.54, 1.807) is 20.8 Å². The van der Waals surface area contributed by atoms with Crippen molar-refractivity contribution < 1.29 is 19.0 Å². The number of aromatic nitrogens is 4. The Bertz CT molecular complexity index is 926. The van der Waals surface area contributed by atoms with Gasteiger partial charge in [0, 0.05) is 6.07 Å². The summed E-state index contributed by atoms with van der Waals surface area (Å²) in [6.07, 6.45) is 0.542. The molecule has 0 aliphatic heterocycles. The highest BCUT2D eigenvalue weighted by Gasteiger charge is 2.21. The van der Waals surface area contributed by atoms with Gasteiger partial charge in [-0.05, 0) is 20.8 Å². The number of fused-ring (bicyclic) bond motifs is 1. The van der Waals surface area contributed by atoms with E-state index in [2.05, 4.69) is 25.3 Å². The molecule has 0 fully saturated rings. The van der Waals surface area contributed by atoms with Crippen molar-refractivity contribution in [2.24, 2.45) is 0 Å². The monoisotopic (exact) mass is 413 g/mol. The zero-order valence-electron chi connectivity index (χ0n) is 14.7. The van der Waals surface area contributed by atoms with E-state index < -0.39 is 24.4 Å². The minimum atomic E-state index is -1.32. The number of anilines is 1. The number of aliphatic hydroxyl groups excluding tert-OH is 1. The Morgan fingerprint density at radius 1 is 1.22 bits per heavy atom. The van der Waals surface area contributed by atoms with Gasteiger partial charge in [0.05, 0.1) is 24.2 Å². The molecule has 11 heteroatoms. The summed E-state index contributed by atoms with van der Waals surface area (Å²) in [7, 11) is 0. The molecule has 0 saturated carbocycles. The zero-order valence-corrected chi connectivity index (χ0v) is 16.3. The smallest absolute Gasteiger partial charge is 0.252 e. The van der Waals surface area contributed by atoms with Crippen LogP contribution in [0.15, 0.2) is 18.5 Å². The molecule has 3 aromatic rings. The molecule has 3 aromatic heterocycles. The lowest BCUT2D eigenvalue weighted by atomic mass is 10.2. The number of nitrogens with one attached hydrogen (secondary N) is 1. The van der Waals surface area contributed by atoms with E-state index >= 15 is 0 Å². The van der Waals surface area contributed by atoms with Gasteiger partial charge in [0.15, 0.2) is 10.3 Å². The van der Waals surface area contributed by atoms with E-state index in [0.29, 0.717) is 21.9 Å². The van der Waals surface area contributed by atoms with Crippen molar-refractivity contribution >= 4 is 39.0 Å². The zero-order chi connectivity index (χ0) is 19.6. The van der Waals surface area contributed by atoms with Gasteiger partial charge in [0.2, 0.25) is 6.41 Å². The number of rotatable bonds is 7. The third-order valence-electron chi connectivity index (χ3n) is 3.65. The molecule has 3 heterocycles. The second-order valence-electron chi connectivity index (χ2n) is 5.75. The second-order valence-corrected chi connectivity index (χ2v) is 7.31. The molecule has 3 rings (SSSR count). The van der Waals surface area contributed by atoms with Crippen LogP contribution in [0.4, 0.5) is 10.1 Å². The number of aryl methyl sites for hydroxylation is 1. The van der Waals surface area contributed by atoms with Gasteiger partial charge in [-0.15, -0.1) is 0 Å². The number of pyridine rings is 1. The minimum Gasteiger partial charge on any atom is -0.470 e. The lowest BCUT2D eigenvalue weighted by molar-refractivity contribution is -0.136. The van der Waals surface area contributed by atoms with E-state index in [1.165, 1.54) is 18.5 Å². The fourth-order valence-corrected chi connectivity index (χ4v) is 3.06. The fourth-order valence-electron chi connectivity index (χ4n) is 2.11. The molecule has 27 heavy (non-hydrogen) atoms. The molecule has 0 amide bonds. The van der Waals surface area contributed by atoms with Crippen LogP contribution in [0.2, 0.25) is 4.47 Å². The maximum absolute atomic E-state index is 14.2. The van der Waals surface area contributed by atoms with Crippen molar-refractivity contribution in [1.29, 1.82) is 0 Å². The Balaban J connectivity index is 1.60. The predicted octanol–water partition coefficient (Wildman–Crippen LogP) is 3.14. The normalized spacial score (nSPS) is 14.7. The minimum absolute atomic E-state index is 0.180. The van der Waals surface area contributed by atoms with Gasteiger partial charge in [-0.3, -0.25) is 0 Å². The molecule has 144 valence electrons. The van der Waals surface area contributed by atoms with E-state index in [-0.39, 0.29) is 10.3 Å². The van der Waals surface area contributed by atoms with Crippen LogP contribution in [-0.2, 0) is 4.74 Å². The lowest BCUT2D eigenvalue weighted by Gasteiger charge is -2.24. The molecule has 0 bridgehead atoms. The quantitative estimate of drug-likeness (QED) is 0.569. The molecular weight excluding hydrogens is 397 g/mol. The van der Waals surface area contributed by atoms with Crippen molar-refractivity contribution in [3.63, 3.8) is 0 Å². The van der Waals surface area contributed by atoms with Gasteiger partial charge in [-0.1, -0.05) is 22.9 Å². The molecule has 8 nitrogen and oxygen atoms in total. The first-order valence-electron chi connectivity index (χ1n) is 8.00. The Kier molecular flexibility index (Phi) is 6.00. The molecule has 3 atom stereocenters. The summed E-state index contributed by atoms with van der Waals surface area (Å²) in [5.41, 5.74) is 0.862. The molecule has 0 radical (unpaired) electrons. The van der Waals surface area contributed by atoms with Gasteiger partial charge in [-0.2, -0.15) is 4.98 Å². The fraction of sp³-hybridized carbons (Fsp3) is 0.375. The molecule has 0 aliphatic rings. The van der Waals surface area contributed by atoms with Gasteiger partial charge in [0.25, 0.3) is 5.88 Å². The SMILES string of the molecule is Cc1ncc(NC(O)O[C@H](C)[C@H](C)Oc2nc3sc(Cl)nc3cc2F)cn1. The number of hydrogen-bond acceptors (Lipinski definition) is 9. The van der Waals surface area contributed by atoms with E-state index in [4.69, 9.17) is 21.1 Å². The number of halogens is 2. The van der Waals surface area contributed by atoms with Gasteiger partial charge < -0.3 is 19.9 Å². The van der Waals surface area contributed by atoms with E-state index in [1.807, 2.05) is 0 Å². The van der Waals surface area contributed by atoms with Gasteiger partial charge >= 0.3 is 0 Å². The Labute approximate surface area is 163 Å². The second kappa shape index (κ2) is 8.26. The van der Waals surface area contributed by atoms with E-state index in [9.17, 15) is 9.50 Å². The van der Waals surface area contributed by atoms with Crippen LogP contribution in [0.3, 0.4) is 0 Å². The van der Waals surface area contributed by atoms with Crippen LogP contribution >= 0.6 is 22.9 Å². The highest BCUT2D eigenvalue weighted by Crippen LogP contribution is 2.28. The maximum atomic E-state index is 14.2. The van der Waals surface area contributed by atoms with Crippen molar-refractivity contribution in [1.82, 2.24) is 19.9 Å². The van der Waals surface area contributed by atoms with Gasteiger partial charge in [-0.25, -0.2) is 19.3 Å². The summed E-state index contributed by atoms with van der Waals surface area (Å²) in [6.45, 7) is 5.11. The lowest BCUT2D eigenvalue weighted by Crippen LogP contribution is -2.36. The predicted molar refractivity (Wildman–Crippen MR) is 99.4 cm³/mol. The highest BCUT2D eigenvalue weighted by atomic mass is 35.5. The topological polar surface area (TPSA) is 102 Å². The number of hydrogen-bond donors (Lipinski definition) is 2. The standard InChI is InChI=1S/C16H17ClFN5O3S/c1-7(8(2)26-16(24)21-10-5-19-9(3)20-6-10)25-13-11(18)4-12-14(23-13)27-15(17)22-12/h4-8,16,21,24H,1-3H3/t7-,8+,16?/m0/s1. The first-order chi connectivity index (χ1) is 12.8. The third-order valence-corrected chi connectivity index (χ3v) is 4.72. The van der Waals surface area contributed by atoms with Crippen molar-refractivity contribution in [3.05, 3.63) is 34.6 Å². The Morgan fingerprint density at radius 2 is 1.93 bits per heavy atom. The molecule has 1 unspecified atom stereocenters. The highest BCUT2D eigenvalue weighted by molar-refractivity contribution is 7.21. The molecule has 2 N–H and O–H groups in total.